The van der Waals surface area contributed by atoms with Crippen molar-refractivity contribution < 1.29 is 14.3 Å². The summed E-state index contributed by atoms with van der Waals surface area (Å²) in [7, 11) is 1.60. The number of ether oxygens (including phenoxy) is 2. The Bertz CT molecular complexity index is 1040. The van der Waals surface area contributed by atoms with Crippen LogP contribution in [0.5, 0.6) is 11.5 Å². The van der Waals surface area contributed by atoms with Crippen molar-refractivity contribution in [2.45, 2.75) is 18.7 Å². The van der Waals surface area contributed by atoms with Gasteiger partial charge in [-0.1, -0.05) is 24.3 Å². The van der Waals surface area contributed by atoms with Gasteiger partial charge in [-0.15, -0.1) is 11.3 Å². The van der Waals surface area contributed by atoms with Crippen LogP contribution < -0.4 is 9.47 Å². The van der Waals surface area contributed by atoms with Crippen LogP contribution in [0.2, 0.25) is 0 Å². The lowest BCUT2D eigenvalue weighted by Crippen LogP contribution is -2.45. The number of thiophene rings is 1. The number of nitrogens with zero attached hydrogens (tertiary/aromatic N) is 2. The van der Waals surface area contributed by atoms with E-state index >= 15 is 0 Å². The van der Waals surface area contributed by atoms with Gasteiger partial charge < -0.3 is 9.47 Å². The fourth-order valence-electron chi connectivity index (χ4n) is 3.70. The molecule has 0 saturated carbocycles. The number of hydrogen-bond donors (Lipinski definition) is 0. The Kier molecular flexibility index (Phi) is 4.13. The van der Waals surface area contributed by atoms with Gasteiger partial charge in [0.15, 0.2) is 0 Å². The molecule has 0 unspecified atom stereocenters. The van der Waals surface area contributed by atoms with Crippen molar-refractivity contribution in [1.82, 2.24) is 5.01 Å². The van der Waals surface area contributed by atoms with Gasteiger partial charge in [0, 0.05) is 17.5 Å². The van der Waals surface area contributed by atoms with E-state index in [9.17, 15) is 4.79 Å². The topological polar surface area (TPSA) is 51.1 Å². The molecule has 140 valence electrons. The summed E-state index contributed by atoms with van der Waals surface area (Å²) < 4.78 is 11.3. The number of rotatable bonds is 4. The Morgan fingerprint density at radius 2 is 1.96 bits per heavy atom. The van der Waals surface area contributed by atoms with Gasteiger partial charge in [-0.2, -0.15) is 5.10 Å². The maximum atomic E-state index is 13.3. The largest absolute Gasteiger partial charge is 0.497 e. The molecular weight excluding hydrogens is 372 g/mol. The Hall–Kier alpha value is -3.12. The predicted octanol–water partition coefficient (Wildman–Crippen LogP) is 4.51. The van der Waals surface area contributed by atoms with Gasteiger partial charge in [0.2, 0.25) is 5.78 Å². The lowest BCUT2D eigenvalue weighted by Gasteiger charge is -2.37. The summed E-state index contributed by atoms with van der Waals surface area (Å²) in [5.74, 6) is 1.35. The lowest BCUT2D eigenvalue weighted by molar-refractivity contribution is -0.00455. The number of carbonyl (C=O) groups excluding carboxylic acids is 1. The van der Waals surface area contributed by atoms with E-state index < -0.39 is 6.23 Å². The smallest absolute Gasteiger partial charge is 0.251 e. The van der Waals surface area contributed by atoms with E-state index in [0.717, 1.165) is 28.3 Å². The van der Waals surface area contributed by atoms with Crippen molar-refractivity contribution in [3.63, 3.8) is 0 Å². The summed E-state index contributed by atoms with van der Waals surface area (Å²) in [6.07, 6.45) is -0.0291. The first-order valence-corrected chi connectivity index (χ1v) is 9.96. The van der Waals surface area contributed by atoms with Crippen LogP contribution in [0, 0.1) is 0 Å². The summed E-state index contributed by atoms with van der Waals surface area (Å²) in [5, 5.41) is 8.67. The van der Waals surface area contributed by atoms with Crippen LogP contribution in [-0.4, -0.2) is 29.8 Å². The summed E-state index contributed by atoms with van der Waals surface area (Å²) in [5.41, 5.74) is 2.63. The van der Waals surface area contributed by atoms with E-state index in [1.165, 1.54) is 0 Å². The molecule has 0 radical (unpaired) electrons. The monoisotopic (exact) mass is 390 g/mol. The Morgan fingerprint density at radius 3 is 2.71 bits per heavy atom. The summed E-state index contributed by atoms with van der Waals surface area (Å²) in [6.45, 7) is 0. The van der Waals surface area contributed by atoms with Gasteiger partial charge in [-0.3, -0.25) is 4.79 Å². The Morgan fingerprint density at radius 1 is 1.14 bits per heavy atom. The molecule has 28 heavy (non-hydrogen) atoms. The zero-order valence-corrected chi connectivity index (χ0v) is 16.1. The summed E-state index contributed by atoms with van der Waals surface area (Å²) in [4.78, 5) is 14.4. The van der Waals surface area contributed by atoms with Gasteiger partial charge in [0.25, 0.3) is 6.23 Å². The van der Waals surface area contributed by atoms with E-state index in [2.05, 4.69) is 6.07 Å². The maximum Gasteiger partial charge on any atom is 0.251 e. The number of methoxy groups -OCH3 is 1. The van der Waals surface area contributed by atoms with Gasteiger partial charge in [-0.25, -0.2) is 5.01 Å². The highest BCUT2D eigenvalue weighted by Gasteiger charge is 2.43. The number of fused-ring (bicyclic) bond motifs is 3. The van der Waals surface area contributed by atoms with Gasteiger partial charge in [0.05, 0.1) is 23.7 Å². The van der Waals surface area contributed by atoms with Crippen LogP contribution in [0.25, 0.3) is 0 Å². The molecule has 5 rings (SSSR count). The zero-order chi connectivity index (χ0) is 19.1. The molecule has 5 nitrogen and oxygen atoms in total. The minimum atomic E-state index is -0.786. The van der Waals surface area contributed by atoms with Crippen molar-refractivity contribution in [2.24, 2.45) is 5.10 Å². The molecule has 2 aromatic carbocycles. The Balaban J connectivity index is 1.54. The van der Waals surface area contributed by atoms with Crippen molar-refractivity contribution in [2.75, 3.05) is 7.11 Å². The number of hydrogen-bond acceptors (Lipinski definition) is 6. The molecule has 0 amide bonds. The van der Waals surface area contributed by atoms with Crippen LogP contribution in [-0.2, 0) is 0 Å². The average molecular weight is 390 g/mol. The number of Topliss-reactive ketones (excluding diaryl/α,β-unsaturated/α-hetero) is 1. The standard InChI is InChI=1S/C22H18N2O3S/c1-26-15-10-8-14(9-11-15)21(25)22-24-18(16-5-2-3-6-19(16)27-22)13-17(23-24)20-7-4-12-28-20/h2-12,18,22H,13H2,1H3/t18-,22-/m0/s1. The predicted molar refractivity (Wildman–Crippen MR) is 108 cm³/mol. The molecule has 0 aliphatic carbocycles. The molecule has 2 aliphatic rings. The number of benzene rings is 2. The fourth-order valence-corrected chi connectivity index (χ4v) is 4.42. The second-order valence-corrected chi connectivity index (χ2v) is 7.67. The van der Waals surface area contributed by atoms with Gasteiger partial charge in [-0.05, 0) is 41.8 Å². The number of para-hydroxylation sites is 1. The molecule has 1 aromatic heterocycles. The van der Waals surface area contributed by atoms with Crippen molar-refractivity contribution >= 4 is 22.8 Å². The molecule has 0 N–H and O–H groups in total. The second-order valence-electron chi connectivity index (χ2n) is 6.72. The van der Waals surface area contributed by atoms with Gasteiger partial charge >= 0.3 is 0 Å². The molecule has 3 aromatic rings. The molecular formula is C22H18N2O3S. The van der Waals surface area contributed by atoms with Crippen LogP contribution >= 0.6 is 11.3 Å². The van der Waals surface area contributed by atoms with Crippen LogP contribution in [0.15, 0.2) is 71.1 Å². The van der Waals surface area contributed by atoms with Crippen LogP contribution in [0.1, 0.15) is 33.3 Å². The molecule has 0 fully saturated rings. The minimum absolute atomic E-state index is 0.00533. The van der Waals surface area contributed by atoms with E-state index in [0.29, 0.717) is 11.3 Å². The SMILES string of the molecule is COc1ccc(C(=O)[C@@H]2Oc3ccccc3[C@@H]3CC(c4cccs4)=NN23)cc1. The Labute approximate surface area is 166 Å². The second kappa shape index (κ2) is 6.80. The van der Waals surface area contributed by atoms with Crippen molar-refractivity contribution in [1.29, 1.82) is 0 Å². The number of carbonyl (C=O) groups is 1. The van der Waals surface area contributed by atoms with E-state index in [-0.39, 0.29) is 11.8 Å². The third kappa shape index (κ3) is 2.77. The molecule has 2 atom stereocenters. The summed E-state index contributed by atoms with van der Waals surface area (Å²) >= 11 is 1.66. The molecule has 0 saturated heterocycles. The first kappa shape index (κ1) is 17.0. The van der Waals surface area contributed by atoms with Crippen molar-refractivity contribution in [3.8, 4) is 11.5 Å². The van der Waals surface area contributed by atoms with E-state index in [1.807, 2.05) is 40.7 Å². The molecule has 0 spiro atoms. The lowest BCUT2D eigenvalue weighted by atomic mass is 9.97. The third-order valence-corrected chi connectivity index (χ3v) is 6.02. The molecule has 0 bridgehead atoms. The number of ketones is 1. The molecule has 6 heteroatoms. The fraction of sp³-hybridized carbons (Fsp3) is 0.182. The quantitative estimate of drug-likeness (QED) is 0.615. The van der Waals surface area contributed by atoms with Crippen LogP contribution in [0.3, 0.4) is 0 Å². The van der Waals surface area contributed by atoms with Crippen molar-refractivity contribution in [3.05, 3.63) is 82.0 Å². The number of hydrazone groups is 1. The highest BCUT2D eigenvalue weighted by molar-refractivity contribution is 7.12. The molecule has 3 heterocycles. The highest BCUT2D eigenvalue weighted by atomic mass is 32.1. The van der Waals surface area contributed by atoms with Gasteiger partial charge in [0.1, 0.15) is 11.5 Å². The highest BCUT2D eigenvalue weighted by Crippen LogP contribution is 2.43. The first-order chi connectivity index (χ1) is 13.7. The minimum Gasteiger partial charge on any atom is -0.497 e. The van der Waals surface area contributed by atoms with Crippen LogP contribution in [0.4, 0.5) is 0 Å². The van der Waals surface area contributed by atoms with E-state index in [1.54, 1.807) is 42.7 Å². The molecule has 2 aliphatic heterocycles. The maximum absolute atomic E-state index is 13.3. The third-order valence-electron chi connectivity index (χ3n) is 5.10. The average Bonchev–Trinajstić information content (AvgIpc) is 3.42. The zero-order valence-electron chi connectivity index (χ0n) is 15.2. The van der Waals surface area contributed by atoms with E-state index in [4.69, 9.17) is 14.6 Å². The first-order valence-electron chi connectivity index (χ1n) is 9.08. The summed E-state index contributed by atoms with van der Waals surface area (Å²) in [6, 6.07) is 19.1. The normalized spacial score (nSPS) is 20.0.